The predicted molar refractivity (Wildman–Crippen MR) is 100 cm³/mol. The Balaban J connectivity index is 1.49. The molecule has 9 heteroatoms. The van der Waals surface area contributed by atoms with Crippen LogP contribution in [-0.4, -0.2) is 50.0 Å². The smallest absolute Gasteiger partial charge is 0.259 e. The summed E-state index contributed by atoms with van der Waals surface area (Å²) in [6, 6.07) is 9.44. The van der Waals surface area contributed by atoms with Crippen molar-refractivity contribution in [3.05, 3.63) is 47.5 Å². The van der Waals surface area contributed by atoms with Crippen molar-refractivity contribution in [2.45, 2.75) is 0 Å². The molecule has 1 aliphatic heterocycles. The number of hydrogen-bond acceptors (Lipinski definition) is 7. The first-order chi connectivity index (χ1) is 13.6. The van der Waals surface area contributed by atoms with Crippen LogP contribution < -0.4 is 25.0 Å². The minimum atomic E-state index is -0.493. The molecule has 9 nitrogen and oxygen atoms in total. The highest BCUT2D eigenvalue weighted by Gasteiger charge is 2.15. The van der Waals surface area contributed by atoms with E-state index in [2.05, 4.69) is 15.8 Å². The highest BCUT2D eigenvalue weighted by Crippen LogP contribution is 2.30. The van der Waals surface area contributed by atoms with E-state index < -0.39 is 11.8 Å². The van der Waals surface area contributed by atoms with Crippen molar-refractivity contribution < 1.29 is 28.9 Å². The molecule has 0 radical (unpaired) electrons. The predicted octanol–water partition coefficient (Wildman–Crippen LogP) is 1.05. The lowest BCUT2D eigenvalue weighted by atomic mass is 10.2. The Bertz CT molecular complexity index is 913. The fourth-order valence-corrected chi connectivity index (χ4v) is 2.44. The van der Waals surface area contributed by atoms with Gasteiger partial charge < -0.3 is 24.6 Å². The SMILES string of the molecule is COc1cc(C=NNC(=O)CNC(=O)c2ccc3c(c2)OCCO3)ccc1O. The largest absolute Gasteiger partial charge is 0.504 e. The number of carbonyl (C=O) groups is 2. The molecule has 1 heterocycles. The maximum atomic E-state index is 12.2. The molecular formula is C19H19N3O6. The fraction of sp³-hybridized carbons (Fsp3) is 0.211. The second kappa shape index (κ2) is 8.76. The number of amides is 2. The monoisotopic (exact) mass is 385 g/mol. The van der Waals surface area contributed by atoms with E-state index in [9.17, 15) is 14.7 Å². The molecular weight excluding hydrogens is 366 g/mol. The van der Waals surface area contributed by atoms with Crippen LogP contribution in [0.4, 0.5) is 0 Å². The lowest BCUT2D eigenvalue weighted by molar-refractivity contribution is -0.120. The number of benzene rings is 2. The van der Waals surface area contributed by atoms with Gasteiger partial charge in [0.05, 0.1) is 19.9 Å². The van der Waals surface area contributed by atoms with Gasteiger partial charge in [0.15, 0.2) is 23.0 Å². The van der Waals surface area contributed by atoms with Crippen LogP contribution in [0.15, 0.2) is 41.5 Å². The Morgan fingerprint density at radius 2 is 1.96 bits per heavy atom. The second-order valence-corrected chi connectivity index (χ2v) is 5.77. The summed E-state index contributed by atoms with van der Waals surface area (Å²) in [6.07, 6.45) is 1.39. The zero-order chi connectivity index (χ0) is 19.9. The number of ether oxygens (including phenoxy) is 3. The first-order valence-electron chi connectivity index (χ1n) is 8.43. The summed E-state index contributed by atoms with van der Waals surface area (Å²) in [5.41, 5.74) is 3.29. The van der Waals surface area contributed by atoms with E-state index in [1.54, 1.807) is 30.3 Å². The topological polar surface area (TPSA) is 118 Å². The van der Waals surface area contributed by atoms with Crippen molar-refractivity contribution in [1.29, 1.82) is 0 Å². The number of phenols is 1. The van der Waals surface area contributed by atoms with Crippen LogP contribution in [0.3, 0.4) is 0 Å². The molecule has 0 spiro atoms. The summed E-state index contributed by atoms with van der Waals surface area (Å²) in [5, 5.41) is 15.8. The van der Waals surface area contributed by atoms with E-state index in [4.69, 9.17) is 14.2 Å². The van der Waals surface area contributed by atoms with Gasteiger partial charge in [-0.1, -0.05) is 0 Å². The summed E-state index contributed by atoms with van der Waals surface area (Å²) < 4.78 is 15.8. The number of hydrazone groups is 1. The third-order valence-corrected chi connectivity index (χ3v) is 3.82. The van der Waals surface area contributed by atoms with Crippen LogP contribution in [0.2, 0.25) is 0 Å². The maximum Gasteiger partial charge on any atom is 0.259 e. The quantitative estimate of drug-likeness (QED) is 0.505. The number of hydrogen-bond donors (Lipinski definition) is 3. The lowest BCUT2D eigenvalue weighted by Crippen LogP contribution is -2.35. The zero-order valence-corrected chi connectivity index (χ0v) is 15.1. The van der Waals surface area contributed by atoms with Gasteiger partial charge in [0.2, 0.25) is 0 Å². The normalized spacial score (nSPS) is 12.5. The van der Waals surface area contributed by atoms with E-state index in [1.165, 1.54) is 19.4 Å². The molecule has 0 aliphatic carbocycles. The average molecular weight is 385 g/mol. The minimum Gasteiger partial charge on any atom is -0.504 e. The second-order valence-electron chi connectivity index (χ2n) is 5.77. The first-order valence-corrected chi connectivity index (χ1v) is 8.43. The Kier molecular flexibility index (Phi) is 5.95. The fourth-order valence-electron chi connectivity index (χ4n) is 2.44. The molecule has 0 fully saturated rings. The molecule has 0 atom stereocenters. The molecule has 1 aliphatic rings. The van der Waals surface area contributed by atoms with Crippen molar-refractivity contribution >= 4 is 18.0 Å². The molecule has 0 aromatic heterocycles. The summed E-state index contributed by atoms with van der Waals surface area (Å²) in [5.74, 6) is 0.470. The zero-order valence-electron chi connectivity index (χ0n) is 15.1. The Morgan fingerprint density at radius 3 is 2.75 bits per heavy atom. The highest BCUT2D eigenvalue weighted by atomic mass is 16.6. The lowest BCUT2D eigenvalue weighted by Gasteiger charge is -2.18. The third-order valence-electron chi connectivity index (χ3n) is 3.82. The van der Waals surface area contributed by atoms with Gasteiger partial charge in [0.1, 0.15) is 13.2 Å². The van der Waals surface area contributed by atoms with E-state index in [1.807, 2.05) is 0 Å². The first kappa shape index (κ1) is 19.0. The van der Waals surface area contributed by atoms with Crippen molar-refractivity contribution in [3.8, 4) is 23.0 Å². The Labute approximate surface area is 160 Å². The van der Waals surface area contributed by atoms with Crippen molar-refractivity contribution in [1.82, 2.24) is 10.7 Å². The molecule has 0 saturated carbocycles. The van der Waals surface area contributed by atoms with Crippen molar-refractivity contribution in [2.75, 3.05) is 26.9 Å². The van der Waals surface area contributed by atoms with E-state index >= 15 is 0 Å². The Morgan fingerprint density at radius 1 is 1.18 bits per heavy atom. The molecule has 3 rings (SSSR count). The van der Waals surface area contributed by atoms with Gasteiger partial charge >= 0.3 is 0 Å². The van der Waals surface area contributed by atoms with Gasteiger partial charge in [-0.3, -0.25) is 9.59 Å². The molecule has 0 bridgehead atoms. The van der Waals surface area contributed by atoms with Gasteiger partial charge in [-0.05, 0) is 42.0 Å². The maximum absolute atomic E-state index is 12.2. The number of carbonyl (C=O) groups excluding carboxylic acids is 2. The van der Waals surface area contributed by atoms with Crippen LogP contribution in [0, 0.1) is 0 Å². The number of nitrogens with zero attached hydrogens (tertiary/aromatic N) is 1. The van der Waals surface area contributed by atoms with Gasteiger partial charge in [-0.2, -0.15) is 5.10 Å². The van der Waals surface area contributed by atoms with Gasteiger partial charge in [-0.15, -0.1) is 0 Å². The summed E-state index contributed by atoms with van der Waals surface area (Å²) in [6.45, 7) is 0.644. The van der Waals surface area contributed by atoms with Crippen LogP contribution in [-0.2, 0) is 4.79 Å². The molecule has 28 heavy (non-hydrogen) atoms. The van der Waals surface area contributed by atoms with E-state index in [0.29, 0.717) is 41.6 Å². The Hall–Kier alpha value is -3.75. The number of rotatable bonds is 6. The molecule has 0 unspecified atom stereocenters. The third kappa shape index (κ3) is 4.70. The van der Waals surface area contributed by atoms with Crippen LogP contribution in [0.5, 0.6) is 23.0 Å². The van der Waals surface area contributed by atoms with Crippen LogP contribution in [0.25, 0.3) is 0 Å². The highest BCUT2D eigenvalue weighted by molar-refractivity contribution is 5.97. The summed E-state index contributed by atoms with van der Waals surface area (Å²) in [7, 11) is 1.43. The molecule has 3 N–H and O–H groups in total. The number of nitrogens with one attached hydrogen (secondary N) is 2. The summed E-state index contributed by atoms with van der Waals surface area (Å²) in [4.78, 5) is 24.0. The summed E-state index contributed by atoms with van der Waals surface area (Å²) >= 11 is 0. The van der Waals surface area contributed by atoms with E-state index in [0.717, 1.165) is 0 Å². The van der Waals surface area contributed by atoms with Gasteiger partial charge in [0, 0.05) is 5.56 Å². The molecule has 146 valence electrons. The average Bonchev–Trinajstić information content (AvgIpc) is 2.72. The van der Waals surface area contributed by atoms with Crippen LogP contribution in [0.1, 0.15) is 15.9 Å². The van der Waals surface area contributed by atoms with Gasteiger partial charge in [0.25, 0.3) is 11.8 Å². The van der Waals surface area contributed by atoms with Gasteiger partial charge in [-0.25, -0.2) is 5.43 Å². The molecule has 2 aromatic rings. The van der Waals surface area contributed by atoms with Crippen molar-refractivity contribution in [3.63, 3.8) is 0 Å². The molecule has 0 saturated heterocycles. The number of fused-ring (bicyclic) bond motifs is 1. The van der Waals surface area contributed by atoms with Crippen molar-refractivity contribution in [2.24, 2.45) is 5.10 Å². The number of methoxy groups -OCH3 is 1. The molecule has 2 aromatic carbocycles. The molecule has 2 amide bonds. The standard InChI is InChI=1S/C19H19N3O6/c1-26-16-8-12(2-4-14(16)23)10-21-22-18(24)11-20-19(25)13-3-5-15-17(9-13)28-7-6-27-15/h2-5,8-10,23H,6-7,11H2,1H3,(H,20,25)(H,22,24). The minimum absolute atomic E-state index is 0.00513. The number of phenolic OH excluding ortho intramolecular Hbond substituents is 1. The number of aromatic hydroxyl groups is 1. The van der Waals surface area contributed by atoms with E-state index in [-0.39, 0.29) is 12.3 Å². The van der Waals surface area contributed by atoms with Crippen LogP contribution >= 0.6 is 0 Å².